The molecule has 39 heavy (non-hydrogen) atoms. The first kappa shape index (κ1) is 25.4. The fourth-order valence-corrected chi connectivity index (χ4v) is 7.18. The van der Waals surface area contributed by atoms with Gasteiger partial charge < -0.3 is 15.3 Å². The van der Waals surface area contributed by atoms with Gasteiger partial charge in [0.15, 0.2) is 0 Å². The number of benzene rings is 1. The average Bonchev–Trinajstić information content (AvgIpc) is 3.64. The number of anilines is 1. The Balaban J connectivity index is 1.19. The molecule has 4 heterocycles. The van der Waals surface area contributed by atoms with Crippen LogP contribution in [0, 0.1) is 5.92 Å². The van der Waals surface area contributed by atoms with Gasteiger partial charge in [-0.1, -0.05) is 12.1 Å². The number of nitrogens with zero attached hydrogens (tertiary/aromatic N) is 5. The molecule has 2 N–H and O–H groups in total. The summed E-state index contributed by atoms with van der Waals surface area (Å²) in [7, 11) is 0. The highest BCUT2D eigenvalue weighted by Gasteiger charge is 2.28. The quantitative estimate of drug-likeness (QED) is 0.441. The van der Waals surface area contributed by atoms with Crippen LogP contribution in [0.4, 0.5) is 5.95 Å². The van der Waals surface area contributed by atoms with Gasteiger partial charge in [0.2, 0.25) is 5.95 Å². The molecular formula is C31H42N6O2. The molecule has 1 aromatic carbocycles. The number of aromatic nitrogens is 3. The number of piperidine rings is 1. The Bertz CT molecular complexity index is 1380. The van der Waals surface area contributed by atoms with Crippen LogP contribution in [0.15, 0.2) is 29.2 Å². The molecule has 0 bridgehead atoms. The van der Waals surface area contributed by atoms with Gasteiger partial charge in [-0.15, -0.1) is 0 Å². The first-order valence-corrected chi connectivity index (χ1v) is 15.3. The first-order valence-electron chi connectivity index (χ1n) is 15.3. The number of aliphatic hydroxyl groups is 1. The Morgan fingerprint density at radius 3 is 2.38 bits per heavy atom. The number of hydrogen-bond donors (Lipinski definition) is 2. The summed E-state index contributed by atoms with van der Waals surface area (Å²) in [5.41, 5.74) is 1.96. The third-order valence-corrected chi connectivity index (χ3v) is 9.72. The van der Waals surface area contributed by atoms with Gasteiger partial charge in [0, 0.05) is 42.1 Å². The first-order chi connectivity index (χ1) is 19.1. The zero-order valence-electron chi connectivity index (χ0n) is 23.0. The molecule has 2 saturated carbocycles. The summed E-state index contributed by atoms with van der Waals surface area (Å²) in [5, 5.41) is 16.2. The summed E-state index contributed by atoms with van der Waals surface area (Å²) < 4.78 is 1.93. The Morgan fingerprint density at radius 1 is 0.872 bits per heavy atom. The second-order valence-corrected chi connectivity index (χ2v) is 12.5. The second-order valence-electron chi connectivity index (χ2n) is 12.5. The zero-order valence-corrected chi connectivity index (χ0v) is 23.0. The molecule has 7 rings (SSSR count). The van der Waals surface area contributed by atoms with Crippen LogP contribution >= 0.6 is 0 Å². The molecule has 0 radical (unpaired) electrons. The number of hydrogen-bond acceptors (Lipinski definition) is 7. The Morgan fingerprint density at radius 2 is 1.64 bits per heavy atom. The molecular weight excluding hydrogens is 488 g/mol. The third kappa shape index (κ3) is 5.31. The van der Waals surface area contributed by atoms with Crippen LogP contribution in [-0.2, 0) is 6.54 Å². The highest BCUT2D eigenvalue weighted by atomic mass is 16.3. The molecule has 0 amide bonds. The molecule has 8 nitrogen and oxygen atoms in total. The van der Waals surface area contributed by atoms with Crippen molar-refractivity contribution in [3.63, 3.8) is 0 Å². The van der Waals surface area contributed by atoms with Gasteiger partial charge in [-0.2, -0.15) is 4.98 Å². The lowest BCUT2D eigenvalue weighted by Gasteiger charge is -2.36. The molecule has 0 atom stereocenters. The summed E-state index contributed by atoms with van der Waals surface area (Å²) in [6, 6.07) is 7.22. The van der Waals surface area contributed by atoms with Crippen LogP contribution in [0.1, 0.15) is 75.8 Å². The van der Waals surface area contributed by atoms with Crippen molar-refractivity contribution in [2.45, 2.75) is 88.9 Å². The minimum Gasteiger partial charge on any atom is -0.393 e. The molecule has 4 aliphatic rings. The SMILES string of the molecule is O=c1c2cc(CN3CCC(N4CCCC4)CC3)ccc2c2cnc(NCC3CC3)nc2n1[C@H]1CC[C@H](O)CC1. The van der Waals surface area contributed by atoms with Crippen molar-refractivity contribution in [3.05, 3.63) is 40.3 Å². The standard InChI is InChI=1S/C31H42N6O2/c38-25-8-6-24(7-9-25)37-29-28(19-33-31(34-29)32-18-21-3-4-21)26-10-5-22(17-27(26)30(37)39)20-35-15-11-23(12-16-35)36-13-1-2-14-36/h5,10,17,19,21,23-25,38H,1-4,6-9,11-16,18,20H2,(H,32,33,34)/t24-,25-. The van der Waals surface area contributed by atoms with E-state index in [1.807, 2.05) is 10.8 Å². The smallest absolute Gasteiger partial charge is 0.260 e. The van der Waals surface area contributed by atoms with Crippen LogP contribution in [0.3, 0.4) is 0 Å². The summed E-state index contributed by atoms with van der Waals surface area (Å²) >= 11 is 0. The van der Waals surface area contributed by atoms with E-state index in [2.05, 4.69) is 38.3 Å². The van der Waals surface area contributed by atoms with E-state index in [1.165, 1.54) is 57.2 Å². The molecule has 3 aromatic rings. The predicted octanol–water partition coefficient (Wildman–Crippen LogP) is 4.30. The van der Waals surface area contributed by atoms with Gasteiger partial charge in [0.05, 0.1) is 6.10 Å². The number of pyridine rings is 1. The second kappa shape index (κ2) is 10.8. The van der Waals surface area contributed by atoms with Crippen LogP contribution < -0.4 is 10.9 Å². The molecule has 208 valence electrons. The van der Waals surface area contributed by atoms with E-state index in [1.54, 1.807) is 0 Å². The highest BCUT2D eigenvalue weighted by molar-refractivity contribution is 6.04. The molecule has 4 fully saturated rings. The summed E-state index contributed by atoms with van der Waals surface area (Å²) in [6.07, 6.45) is 12.4. The zero-order chi connectivity index (χ0) is 26.3. The van der Waals surface area contributed by atoms with Crippen LogP contribution in [0.5, 0.6) is 0 Å². The van der Waals surface area contributed by atoms with Crippen molar-refractivity contribution >= 4 is 27.8 Å². The van der Waals surface area contributed by atoms with Gasteiger partial charge in [-0.25, -0.2) is 4.98 Å². The maximum absolute atomic E-state index is 14.1. The van der Waals surface area contributed by atoms with Gasteiger partial charge in [0.25, 0.3) is 5.56 Å². The average molecular weight is 531 g/mol. The molecule has 2 saturated heterocycles. The van der Waals surface area contributed by atoms with Crippen LogP contribution in [0.2, 0.25) is 0 Å². The molecule has 2 aliphatic carbocycles. The molecule has 2 aromatic heterocycles. The molecule has 0 unspecified atom stereocenters. The minimum atomic E-state index is -0.268. The van der Waals surface area contributed by atoms with Crippen molar-refractivity contribution in [2.75, 3.05) is 38.0 Å². The minimum absolute atomic E-state index is 0.0420. The Hall–Kier alpha value is -2.55. The fourth-order valence-electron chi connectivity index (χ4n) is 7.18. The van der Waals surface area contributed by atoms with Crippen molar-refractivity contribution in [1.82, 2.24) is 24.3 Å². The van der Waals surface area contributed by atoms with E-state index in [-0.39, 0.29) is 17.7 Å². The summed E-state index contributed by atoms with van der Waals surface area (Å²) in [6.45, 7) is 6.56. The molecule has 2 aliphatic heterocycles. The topological polar surface area (TPSA) is 86.5 Å². The lowest BCUT2D eigenvalue weighted by molar-refractivity contribution is 0.111. The number of likely N-dealkylation sites (tertiary alicyclic amines) is 2. The Labute approximate surface area is 230 Å². The highest BCUT2D eigenvalue weighted by Crippen LogP contribution is 2.33. The van der Waals surface area contributed by atoms with Gasteiger partial charge >= 0.3 is 0 Å². The van der Waals surface area contributed by atoms with Crippen LogP contribution in [0.25, 0.3) is 21.8 Å². The summed E-state index contributed by atoms with van der Waals surface area (Å²) in [4.78, 5) is 28.9. The van der Waals surface area contributed by atoms with Crippen molar-refractivity contribution in [2.24, 2.45) is 5.92 Å². The largest absolute Gasteiger partial charge is 0.393 e. The number of rotatable bonds is 7. The van der Waals surface area contributed by atoms with Crippen molar-refractivity contribution in [3.8, 4) is 0 Å². The van der Waals surface area contributed by atoms with Crippen LogP contribution in [-0.4, -0.2) is 74.3 Å². The van der Waals surface area contributed by atoms with Gasteiger partial charge in [-0.05, 0) is 113 Å². The predicted molar refractivity (Wildman–Crippen MR) is 155 cm³/mol. The molecule has 8 heteroatoms. The van der Waals surface area contributed by atoms with E-state index in [9.17, 15) is 9.90 Å². The number of aliphatic hydroxyl groups excluding tert-OH is 1. The maximum Gasteiger partial charge on any atom is 0.260 e. The van der Waals surface area contributed by atoms with E-state index in [0.717, 1.165) is 79.7 Å². The lowest BCUT2D eigenvalue weighted by atomic mass is 9.92. The van der Waals surface area contributed by atoms with E-state index < -0.39 is 0 Å². The lowest BCUT2D eigenvalue weighted by Crippen LogP contribution is -2.43. The normalized spacial score (nSPS) is 25.6. The Kier molecular flexibility index (Phi) is 7.03. The van der Waals surface area contributed by atoms with E-state index in [0.29, 0.717) is 11.9 Å². The van der Waals surface area contributed by atoms with E-state index >= 15 is 0 Å². The van der Waals surface area contributed by atoms with Crippen molar-refractivity contribution < 1.29 is 5.11 Å². The van der Waals surface area contributed by atoms with Gasteiger partial charge in [-0.3, -0.25) is 14.3 Å². The number of fused-ring (bicyclic) bond motifs is 3. The fraction of sp³-hybridized carbons (Fsp3) is 0.645. The monoisotopic (exact) mass is 530 g/mol. The van der Waals surface area contributed by atoms with Gasteiger partial charge in [0.1, 0.15) is 5.65 Å². The van der Waals surface area contributed by atoms with E-state index in [4.69, 9.17) is 4.98 Å². The molecule has 0 spiro atoms. The summed E-state index contributed by atoms with van der Waals surface area (Å²) in [5.74, 6) is 1.32. The number of nitrogens with one attached hydrogen (secondary N) is 1. The van der Waals surface area contributed by atoms with Crippen molar-refractivity contribution in [1.29, 1.82) is 0 Å². The maximum atomic E-state index is 14.1. The third-order valence-electron chi connectivity index (χ3n) is 9.72.